The number of urea groups is 1. The maximum Gasteiger partial charge on any atom is 0.336 e. The van der Waals surface area contributed by atoms with Gasteiger partial charge in [0.05, 0.1) is 6.04 Å². The Morgan fingerprint density at radius 1 is 1.25 bits per heavy atom. The topological polar surface area (TPSA) is 78.3 Å². The van der Waals surface area contributed by atoms with Gasteiger partial charge in [0.25, 0.3) is 0 Å². The van der Waals surface area contributed by atoms with Crippen LogP contribution in [0.5, 0.6) is 0 Å². The van der Waals surface area contributed by atoms with Gasteiger partial charge in [0.15, 0.2) is 0 Å². The summed E-state index contributed by atoms with van der Waals surface area (Å²) in [7, 11) is 0. The fourth-order valence-electron chi connectivity index (χ4n) is 3.23. The second kappa shape index (κ2) is 5.88. The molecule has 1 aromatic carbocycles. The number of hydrogen-bond donors (Lipinski definition) is 2. The van der Waals surface area contributed by atoms with Crippen molar-refractivity contribution in [2.75, 3.05) is 11.9 Å². The van der Waals surface area contributed by atoms with E-state index >= 15 is 0 Å². The van der Waals surface area contributed by atoms with E-state index in [1.807, 2.05) is 23.2 Å². The monoisotopic (exact) mass is 323 g/mol. The van der Waals surface area contributed by atoms with Crippen LogP contribution in [-0.4, -0.2) is 22.5 Å². The molecule has 1 saturated heterocycles. The number of hydrogen-bond acceptors (Lipinski definition) is 3. The maximum atomic E-state index is 12.6. The molecule has 3 aromatic rings. The molecule has 1 aliphatic heterocycles. The van der Waals surface area contributed by atoms with Crippen LogP contribution in [0.1, 0.15) is 24.6 Å². The van der Waals surface area contributed by atoms with Gasteiger partial charge in [0.2, 0.25) is 0 Å². The van der Waals surface area contributed by atoms with Gasteiger partial charge in [-0.3, -0.25) is 0 Å². The van der Waals surface area contributed by atoms with Crippen molar-refractivity contribution in [1.29, 1.82) is 0 Å². The number of aromatic amines is 1. The third-order valence-corrected chi connectivity index (χ3v) is 4.37. The minimum Gasteiger partial charge on any atom is -0.423 e. The molecule has 24 heavy (non-hydrogen) atoms. The van der Waals surface area contributed by atoms with Gasteiger partial charge in [-0.1, -0.05) is 0 Å². The molecule has 6 heteroatoms. The lowest BCUT2D eigenvalue weighted by Crippen LogP contribution is -2.34. The van der Waals surface area contributed by atoms with Crippen molar-refractivity contribution in [3.63, 3.8) is 0 Å². The predicted octanol–water partition coefficient (Wildman–Crippen LogP) is 3.49. The first kappa shape index (κ1) is 14.6. The highest BCUT2D eigenvalue weighted by atomic mass is 16.4. The number of likely N-dealkylation sites (tertiary alicyclic amines) is 1. The molecule has 2 aromatic heterocycles. The summed E-state index contributed by atoms with van der Waals surface area (Å²) in [5.74, 6) is 0. The molecule has 0 spiro atoms. The summed E-state index contributed by atoms with van der Waals surface area (Å²) in [6.45, 7) is 0.734. The van der Waals surface area contributed by atoms with Gasteiger partial charge in [-0.2, -0.15) is 0 Å². The van der Waals surface area contributed by atoms with E-state index in [9.17, 15) is 9.59 Å². The number of benzene rings is 1. The molecule has 4 rings (SSSR count). The van der Waals surface area contributed by atoms with Crippen molar-refractivity contribution in [1.82, 2.24) is 9.88 Å². The first-order valence-corrected chi connectivity index (χ1v) is 7.95. The van der Waals surface area contributed by atoms with E-state index in [0.717, 1.165) is 30.5 Å². The van der Waals surface area contributed by atoms with Gasteiger partial charge >= 0.3 is 11.7 Å². The zero-order valence-corrected chi connectivity index (χ0v) is 13.0. The van der Waals surface area contributed by atoms with E-state index in [-0.39, 0.29) is 17.7 Å². The molecule has 0 saturated carbocycles. The fraction of sp³-hybridized carbons (Fsp3) is 0.222. The minimum absolute atomic E-state index is 0.0819. The maximum absolute atomic E-state index is 12.6. The average Bonchev–Trinajstić information content (AvgIpc) is 3.25. The molecule has 3 heterocycles. The van der Waals surface area contributed by atoms with Crippen LogP contribution in [0.25, 0.3) is 11.0 Å². The Morgan fingerprint density at radius 2 is 2.17 bits per heavy atom. The van der Waals surface area contributed by atoms with Crippen LogP contribution in [0, 0.1) is 0 Å². The number of carbonyl (C=O) groups excluding carboxylic acids is 1. The van der Waals surface area contributed by atoms with E-state index < -0.39 is 0 Å². The first-order chi connectivity index (χ1) is 11.7. The van der Waals surface area contributed by atoms with Gasteiger partial charge < -0.3 is 19.6 Å². The van der Waals surface area contributed by atoms with Crippen LogP contribution in [0.15, 0.2) is 57.9 Å². The lowest BCUT2D eigenvalue weighted by molar-refractivity contribution is 0.206. The largest absolute Gasteiger partial charge is 0.423 e. The Kier molecular flexibility index (Phi) is 3.57. The summed E-state index contributed by atoms with van der Waals surface area (Å²) in [5, 5.41) is 3.71. The number of nitrogens with one attached hydrogen (secondary N) is 2. The van der Waals surface area contributed by atoms with E-state index in [1.165, 1.54) is 6.07 Å². The highest BCUT2D eigenvalue weighted by Gasteiger charge is 2.30. The normalized spacial score (nSPS) is 17.3. The molecule has 2 N–H and O–H groups in total. The molecule has 0 aliphatic carbocycles. The Labute approximate surface area is 138 Å². The molecule has 1 atom stereocenters. The van der Waals surface area contributed by atoms with Gasteiger partial charge in [0.1, 0.15) is 5.58 Å². The van der Waals surface area contributed by atoms with Crippen LogP contribution >= 0.6 is 0 Å². The Hall–Kier alpha value is -3.02. The Morgan fingerprint density at radius 3 is 3.00 bits per heavy atom. The summed E-state index contributed by atoms with van der Waals surface area (Å²) in [6, 6.07) is 12.2. The van der Waals surface area contributed by atoms with Crippen molar-refractivity contribution in [2.45, 2.75) is 18.9 Å². The molecule has 2 amide bonds. The van der Waals surface area contributed by atoms with Gasteiger partial charge in [-0.05, 0) is 49.2 Å². The van der Waals surface area contributed by atoms with Crippen molar-refractivity contribution >= 4 is 22.7 Å². The number of carbonyl (C=O) groups is 1. The zero-order valence-electron chi connectivity index (χ0n) is 13.0. The molecule has 0 radical (unpaired) electrons. The molecule has 6 nitrogen and oxygen atoms in total. The van der Waals surface area contributed by atoms with Crippen LogP contribution in [0.3, 0.4) is 0 Å². The summed E-state index contributed by atoms with van der Waals surface area (Å²) < 4.78 is 5.10. The van der Waals surface area contributed by atoms with Crippen molar-refractivity contribution in [3.8, 4) is 0 Å². The first-order valence-electron chi connectivity index (χ1n) is 7.95. The lowest BCUT2D eigenvalue weighted by Gasteiger charge is -2.24. The standard InChI is InChI=1S/C18H17N3O3/c22-17-8-5-12-11-13(6-7-16(12)24-17)20-18(23)21-10-2-4-15(21)14-3-1-9-19-14/h1,3,5-9,11,15,19H,2,4,10H2,(H,20,23). The van der Waals surface area contributed by atoms with Crippen LogP contribution < -0.4 is 10.9 Å². The second-order valence-corrected chi connectivity index (χ2v) is 5.91. The summed E-state index contributed by atoms with van der Waals surface area (Å²) in [4.78, 5) is 28.9. The number of fused-ring (bicyclic) bond motifs is 1. The second-order valence-electron chi connectivity index (χ2n) is 5.91. The van der Waals surface area contributed by atoms with Gasteiger partial charge in [0, 0.05) is 35.6 Å². The molecule has 1 unspecified atom stereocenters. The molecule has 0 bridgehead atoms. The predicted molar refractivity (Wildman–Crippen MR) is 91.0 cm³/mol. The fourth-order valence-corrected chi connectivity index (χ4v) is 3.23. The molecular weight excluding hydrogens is 306 g/mol. The molecular formula is C18H17N3O3. The average molecular weight is 323 g/mol. The number of anilines is 1. The van der Waals surface area contributed by atoms with Crippen molar-refractivity contribution in [2.24, 2.45) is 0 Å². The van der Waals surface area contributed by atoms with E-state index in [4.69, 9.17) is 4.42 Å². The van der Waals surface area contributed by atoms with Gasteiger partial charge in [-0.25, -0.2) is 9.59 Å². The van der Waals surface area contributed by atoms with E-state index in [0.29, 0.717) is 11.3 Å². The third kappa shape index (κ3) is 2.67. The van der Waals surface area contributed by atoms with E-state index in [1.54, 1.807) is 24.3 Å². The number of rotatable bonds is 2. The SMILES string of the molecule is O=C(Nc1ccc2oc(=O)ccc2c1)N1CCCC1c1ccc[nH]1. The van der Waals surface area contributed by atoms with E-state index in [2.05, 4.69) is 10.3 Å². The number of H-pyrrole nitrogens is 1. The van der Waals surface area contributed by atoms with Gasteiger partial charge in [-0.15, -0.1) is 0 Å². The Bertz CT molecular complexity index is 930. The number of aromatic nitrogens is 1. The summed E-state index contributed by atoms with van der Waals surface area (Å²) >= 11 is 0. The summed E-state index contributed by atoms with van der Waals surface area (Å²) in [6.07, 6.45) is 3.82. The van der Waals surface area contributed by atoms with Crippen molar-refractivity contribution < 1.29 is 9.21 Å². The third-order valence-electron chi connectivity index (χ3n) is 4.37. The van der Waals surface area contributed by atoms with Crippen LogP contribution in [0.4, 0.5) is 10.5 Å². The summed E-state index contributed by atoms with van der Waals surface area (Å²) in [5.41, 5.74) is 1.86. The number of nitrogens with zero attached hydrogens (tertiary/aromatic N) is 1. The molecule has 122 valence electrons. The Balaban J connectivity index is 1.55. The smallest absolute Gasteiger partial charge is 0.336 e. The van der Waals surface area contributed by atoms with Crippen LogP contribution in [0.2, 0.25) is 0 Å². The minimum atomic E-state index is -0.384. The quantitative estimate of drug-likeness (QED) is 0.709. The molecule has 1 fully saturated rings. The zero-order chi connectivity index (χ0) is 16.5. The van der Waals surface area contributed by atoms with Crippen LogP contribution in [-0.2, 0) is 0 Å². The highest BCUT2D eigenvalue weighted by molar-refractivity contribution is 5.92. The van der Waals surface area contributed by atoms with Crippen molar-refractivity contribution in [3.05, 3.63) is 64.8 Å². The highest BCUT2D eigenvalue weighted by Crippen LogP contribution is 2.31. The lowest BCUT2D eigenvalue weighted by atomic mass is 10.1. The number of amides is 2. The molecule has 1 aliphatic rings.